The molecule has 0 saturated carbocycles. The van der Waals surface area contributed by atoms with Gasteiger partial charge in [-0.2, -0.15) is 0 Å². The molecule has 2 saturated heterocycles. The summed E-state index contributed by atoms with van der Waals surface area (Å²) in [6, 6.07) is 8.92. The number of benzene rings is 1. The number of carbonyl (C=O) groups is 3. The zero-order valence-corrected chi connectivity index (χ0v) is 18.7. The summed E-state index contributed by atoms with van der Waals surface area (Å²) in [6.45, 7) is 1.76. The minimum atomic E-state index is -1.26. The molecule has 0 aliphatic carbocycles. The van der Waals surface area contributed by atoms with Gasteiger partial charge >= 0.3 is 17.9 Å². The normalized spacial score (nSPS) is 23.5. The van der Waals surface area contributed by atoms with E-state index in [1.807, 2.05) is 30.5 Å². The minimum absolute atomic E-state index is 0.0427. The lowest BCUT2D eigenvalue weighted by Crippen LogP contribution is -2.44. The Kier molecular flexibility index (Phi) is 9.39. The molecule has 3 atom stereocenters. The summed E-state index contributed by atoms with van der Waals surface area (Å²) in [4.78, 5) is 35.0. The van der Waals surface area contributed by atoms with Crippen molar-refractivity contribution < 1.29 is 34.1 Å². The highest BCUT2D eigenvalue weighted by molar-refractivity contribution is 7.98. The van der Waals surface area contributed by atoms with Crippen LogP contribution < -0.4 is 4.74 Å². The molecule has 9 heteroatoms. The molecule has 2 aliphatic rings. The van der Waals surface area contributed by atoms with E-state index >= 15 is 0 Å². The van der Waals surface area contributed by atoms with Gasteiger partial charge in [-0.15, -0.1) is 11.8 Å². The summed E-state index contributed by atoms with van der Waals surface area (Å²) in [5.41, 5.74) is 0. The first-order valence-electron chi connectivity index (χ1n) is 10.1. The molecule has 3 unspecified atom stereocenters. The fourth-order valence-electron chi connectivity index (χ4n) is 3.77. The fourth-order valence-corrected chi connectivity index (χ4v) is 4.18. The number of ether oxygens (including phenoxy) is 2. The first-order chi connectivity index (χ1) is 14.7. The Morgan fingerprint density at radius 1 is 1.06 bits per heavy atom. The van der Waals surface area contributed by atoms with Crippen LogP contribution >= 0.6 is 11.8 Å². The van der Waals surface area contributed by atoms with E-state index in [2.05, 4.69) is 11.9 Å². The van der Waals surface area contributed by atoms with Crippen molar-refractivity contribution >= 4 is 29.7 Å². The van der Waals surface area contributed by atoms with E-state index < -0.39 is 18.0 Å². The number of fused-ring (bicyclic) bond motifs is 2. The highest BCUT2D eigenvalue weighted by Crippen LogP contribution is 2.35. The van der Waals surface area contributed by atoms with Gasteiger partial charge in [0.1, 0.15) is 11.9 Å². The molecule has 8 nitrogen and oxygen atoms in total. The summed E-state index contributed by atoms with van der Waals surface area (Å²) in [5.74, 6) is -2.07. The molecule has 1 aromatic carbocycles. The van der Waals surface area contributed by atoms with Crippen molar-refractivity contribution in [2.75, 3.05) is 13.3 Å². The van der Waals surface area contributed by atoms with E-state index in [-0.39, 0.29) is 12.1 Å². The topological polar surface area (TPSA) is 113 Å². The van der Waals surface area contributed by atoms with Gasteiger partial charge in [-0.05, 0) is 70.2 Å². The maximum atomic E-state index is 12.3. The molecule has 170 valence electrons. The van der Waals surface area contributed by atoms with Crippen molar-refractivity contribution in [3.63, 3.8) is 0 Å². The van der Waals surface area contributed by atoms with Crippen LogP contribution in [0.4, 0.5) is 0 Å². The molecule has 0 amide bonds. The monoisotopic (exact) mass is 451 g/mol. The molecule has 2 heterocycles. The van der Waals surface area contributed by atoms with Crippen LogP contribution in [0.2, 0.25) is 0 Å². The zero-order chi connectivity index (χ0) is 23.0. The third-order valence-corrected chi connectivity index (χ3v) is 6.15. The number of carbonyl (C=O) groups excluding carboxylic acids is 1. The standard InChI is InChI=1S/C18H25NO3S.C4H4O4/c1-12(21-15-6-8-17(23-3)9-7-15)18(20)22-16-10-13-4-5-14(11-16)19(13)2;5-3(6)1-2-4(7)8/h6-9,12-14,16H,4-5,10-11H2,1-3H3;1-2H,(H,5,6)(H,7,8)/b;2-1-. The van der Waals surface area contributed by atoms with Crippen molar-refractivity contribution in [3.05, 3.63) is 36.4 Å². The summed E-state index contributed by atoms with van der Waals surface area (Å²) in [7, 11) is 2.18. The number of hydrogen-bond acceptors (Lipinski definition) is 7. The van der Waals surface area contributed by atoms with Gasteiger partial charge in [0.2, 0.25) is 0 Å². The molecule has 0 spiro atoms. The number of hydrogen-bond donors (Lipinski definition) is 2. The number of piperidine rings is 1. The number of rotatable bonds is 7. The van der Waals surface area contributed by atoms with Crippen LogP contribution in [0.1, 0.15) is 32.6 Å². The number of carboxylic acid groups (broad SMARTS) is 2. The second kappa shape index (κ2) is 11.8. The van der Waals surface area contributed by atoms with Crippen molar-refractivity contribution in [2.45, 2.75) is 61.8 Å². The summed E-state index contributed by atoms with van der Waals surface area (Å²) in [5, 5.41) is 15.6. The van der Waals surface area contributed by atoms with E-state index in [1.54, 1.807) is 18.7 Å². The van der Waals surface area contributed by atoms with E-state index in [9.17, 15) is 14.4 Å². The number of nitrogens with zero attached hydrogens (tertiary/aromatic N) is 1. The Morgan fingerprint density at radius 3 is 2.03 bits per heavy atom. The first-order valence-corrected chi connectivity index (χ1v) is 11.3. The Bertz CT molecular complexity index is 766. The maximum Gasteiger partial charge on any atom is 0.347 e. The molecule has 1 aromatic rings. The van der Waals surface area contributed by atoms with Gasteiger partial charge in [-0.3, -0.25) is 0 Å². The highest BCUT2D eigenvalue weighted by atomic mass is 32.2. The molecule has 0 aromatic heterocycles. The second-order valence-electron chi connectivity index (χ2n) is 7.53. The number of esters is 1. The van der Waals surface area contributed by atoms with Gasteiger partial charge in [0.25, 0.3) is 0 Å². The van der Waals surface area contributed by atoms with Crippen LogP contribution in [0.25, 0.3) is 0 Å². The molecule has 31 heavy (non-hydrogen) atoms. The van der Waals surface area contributed by atoms with Crippen LogP contribution in [0, 0.1) is 0 Å². The molecule has 2 N–H and O–H groups in total. The van der Waals surface area contributed by atoms with E-state index in [0.29, 0.717) is 30.0 Å². The highest BCUT2D eigenvalue weighted by Gasteiger charge is 2.40. The molecular formula is C22H29NO7S. The number of aliphatic carboxylic acids is 2. The predicted molar refractivity (Wildman–Crippen MR) is 116 cm³/mol. The molecule has 3 rings (SSSR count). The lowest BCUT2D eigenvalue weighted by Gasteiger charge is -2.36. The lowest BCUT2D eigenvalue weighted by molar-refractivity contribution is -0.160. The van der Waals surface area contributed by atoms with Gasteiger partial charge in [0.05, 0.1) is 0 Å². The SMILES string of the molecule is CSc1ccc(OC(C)C(=O)OC2CC3CCC(C2)N3C)cc1.O=C(O)/C=C\C(=O)O. The van der Waals surface area contributed by atoms with E-state index in [1.165, 1.54) is 17.7 Å². The van der Waals surface area contributed by atoms with Gasteiger partial charge in [0.15, 0.2) is 6.10 Å². The Hall–Kier alpha value is -2.52. The van der Waals surface area contributed by atoms with Crippen LogP contribution in [0.3, 0.4) is 0 Å². The van der Waals surface area contributed by atoms with Gasteiger partial charge in [0, 0.05) is 29.1 Å². The van der Waals surface area contributed by atoms with Crippen LogP contribution in [-0.4, -0.2) is 70.6 Å². The maximum absolute atomic E-state index is 12.3. The van der Waals surface area contributed by atoms with Crippen LogP contribution in [-0.2, 0) is 19.1 Å². The Balaban J connectivity index is 0.000000366. The van der Waals surface area contributed by atoms with Gasteiger partial charge < -0.3 is 24.6 Å². The third kappa shape index (κ3) is 7.91. The number of thioether (sulfide) groups is 1. The first kappa shape index (κ1) is 24.7. The lowest BCUT2D eigenvalue weighted by atomic mass is 10.0. The third-order valence-electron chi connectivity index (χ3n) is 5.41. The van der Waals surface area contributed by atoms with Gasteiger partial charge in [-0.25, -0.2) is 14.4 Å². The number of carboxylic acids is 2. The average molecular weight is 452 g/mol. The van der Waals surface area contributed by atoms with Crippen molar-refractivity contribution in [1.82, 2.24) is 4.90 Å². The second-order valence-corrected chi connectivity index (χ2v) is 8.41. The summed E-state index contributed by atoms with van der Waals surface area (Å²) >= 11 is 1.68. The Labute approximate surface area is 186 Å². The molecule has 2 fully saturated rings. The molecule has 2 bridgehead atoms. The minimum Gasteiger partial charge on any atom is -0.479 e. The summed E-state index contributed by atoms with van der Waals surface area (Å²) in [6.07, 6.45) is 6.97. The largest absolute Gasteiger partial charge is 0.479 e. The fraction of sp³-hybridized carbons (Fsp3) is 0.500. The van der Waals surface area contributed by atoms with E-state index in [4.69, 9.17) is 19.7 Å². The molecule has 0 radical (unpaired) electrons. The van der Waals surface area contributed by atoms with Gasteiger partial charge in [-0.1, -0.05) is 0 Å². The molecule has 2 aliphatic heterocycles. The zero-order valence-electron chi connectivity index (χ0n) is 17.9. The summed E-state index contributed by atoms with van der Waals surface area (Å²) < 4.78 is 11.4. The van der Waals surface area contributed by atoms with E-state index in [0.717, 1.165) is 12.8 Å². The van der Waals surface area contributed by atoms with Crippen molar-refractivity contribution in [1.29, 1.82) is 0 Å². The van der Waals surface area contributed by atoms with Crippen LogP contribution in [0.5, 0.6) is 5.75 Å². The predicted octanol–water partition coefficient (Wildman–Crippen LogP) is 3.06. The van der Waals surface area contributed by atoms with Crippen molar-refractivity contribution in [3.8, 4) is 5.75 Å². The quantitative estimate of drug-likeness (QED) is 0.367. The van der Waals surface area contributed by atoms with Crippen LogP contribution in [0.15, 0.2) is 41.3 Å². The average Bonchev–Trinajstić information content (AvgIpc) is 2.93. The smallest absolute Gasteiger partial charge is 0.347 e. The molecular weight excluding hydrogens is 422 g/mol. The Morgan fingerprint density at radius 2 is 1.58 bits per heavy atom. The van der Waals surface area contributed by atoms with Crippen molar-refractivity contribution in [2.24, 2.45) is 0 Å².